The van der Waals surface area contributed by atoms with Crippen LogP contribution in [0.3, 0.4) is 0 Å². The number of rotatable bonds is 7. The molecule has 0 aromatic carbocycles. The van der Waals surface area contributed by atoms with Crippen molar-refractivity contribution in [1.29, 1.82) is 0 Å². The molecule has 0 aromatic heterocycles. The van der Waals surface area contributed by atoms with E-state index in [-0.39, 0.29) is 24.4 Å². The van der Waals surface area contributed by atoms with Crippen molar-refractivity contribution in [2.24, 2.45) is 17.3 Å². The summed E-state index contributed by atoms with van der Waals surface area (Å²) >= 11 is 0. The Bertz CT molecular complexity index is 488. The van der Waals surface area contributed by atoms with Crippen LogP contribution in [0.5, 0.6) is 0 Å². The lowest BCUT2D eigenvalue weighted by molar-refractivity contribution is -0.168. The van der Waals surface area contributed by atoms with Gasteiger partial charge in [-0.3, -0.25) is 14.4 Å². The van der Waals surface area contributed by atoms with Gasteiger partial charge in [0.05, 0.1) is 11.8 Å². The first-order chi connectivity index (χ1) is 11.1. The van der Waals surface area contributed by atoms with Crippen LogP contribution in [0.25, 0.3) is 0 Å². The first kappa shape index (κ1) is 20.2. The molecule has 3 atom stereocenters. The molecule has 1 aliphatic carbocycles. The molecule has 136 valence electrons. The van der Waals surface area contributed by atoms with E-state index in [1.165, 1.54) is 0 Å². The summed E-state index contributed by atoms with van der Waals surface area (Å²) in [6.07, 6.45) is 4.46. The van der Waals surface area contributed by atoms with Gasteiger partial charge in [-0.15, -0.1) is 0 Å². The van der Waals surface area contributed by atoms with Crippen LogP contribution in [0.1, 0.15) is 53.4 Å². The number of carbonyl (C=O) groups is 3. The monoisotopic (exact) mass is 340 g/mol. The predicted molar refractivity (Wildman–Crippen MR) is 88.2 cm³/mol. The average molecular weight is 340 g/mol. The zero-order valence-corrected chi connectivity index (χ0v) is 14.9. The maximum Gasteiger partial charge on any atom is 0.310 e. The highest BCUT2D eigenvalue weighted by molar-refractivity contribution is 5.82. The maximum atomic E-state index is 12.5. The number of ether oxygens (including phenoxy) is 2. The van der Waals surface area contributed by atoms with Crippen molar-refractivity contribution in [2.45, 2.75) is 59.5 Å². The molecular weight excluding hydrogens is 312 g/mol. The van der Waals surface area contributed by atoms with Gasteiger partial charge in [0.25, 0.3) is 0 Å². The smallest absolute Gasteiger partial charge is 0.310 e. The maximum absolute atomic E-state index is 12.5. The minimum Gasteiger partial charge on any atom is -0.481 e. The minimum absolute atomic E-state index is 0.00399. The molecule has 0 saturated carbocycles. The van der Waals surface area contributed by atoms with E-state index >= 15 is 0 Å². The summed E-state index contributed by atoms with van der Waals surface area (Å²) in [5.74, 6) is -3.35. The van der Waals surface area contributed by atoms with Crippen LogP contribution in [-0.4, -0.2) is 35.7 Å². The Morgan fingerprint density at radius 1 is 1.17 bits per heavy atom. The highest BCUT2D eigenvalue weighted by Crippen LogP contribution is 2.29. The molecule has 0 amide bonds. The second-order valence-corrected chi connectivity index (χ2v) is 7.35. The van der Waals surface area contributed by atoms with Gasteiger partial charge in [-0.2, -0.15) is 0 Å². The number of hydrogen-bond donors (Lipinski definition) is 1. The van der Waals surface area contributed by atoms with Crippen LogP contribution >= 0.6 is 0 Å². The number of hydrogen-bond acceptors (Lipinski definition) is 5. The van der Waals surface area contributed by atoms with Crippen LogP contribution < -0.4 is 0 Å². The van der Waals surface area contributed by atoms with Crippen molar-refractivity contribution < 1.29 is 29.0 Å². The standard InChI is InChI=1S/C18H28O6/c1-5-15(19)23-11-12(10-18(2,3)4)24-17(22)14-9-7-6-8-13(14)16(20)21/h6-7,12-14H,5,8-11H2,1-4H3,(H,20,21). The van der Waals surface area contributed by atoms with Crippen LogP contribution in [0.15, 0.2) is 12.2 Å². The zero-order valence-electron chi connectivity index (χ0n) is 14.9. The lowest BCUT2D eigenvalue weighted by Gasteiger charge is -2.29. The second-order valence-electron chi connectivity index (χ2n) is 7.35. The van der Waals surface area contributed by atoms with Crippen LogP contribution in [-0.2, 0) is 23.9 Å². The molecule has 6 heteroatoms. The summed E-state index contributed by atoms with van der Waals surface area (Å²) in [5, 5.41) is 9.28. The van der Waals surface area contributed by atoms with E-state index in [1.54, 1.807) is 19.1 Å². The Morgan fingerprint density at radius 2 is 1.75 bits per heavy atom. The summed E-state index contributed by atoms with van der Waals surface area (Å²) in [7, 11) is 0. The summed E-state index contributed by atoms with van der Waals surface area (Å²) in [4.78, 5) is 35.2. The highest BCUT2D eigenvalue weighted by Gasteiger charge is 2.36. The summed E-state index contributed by atoms with van der Waals surface area (Å²) in [6, 6.07) is 0. The Labute approximate surface area is 143 Å². The summed E-state index contributed by atoms with van der Waals surface area (Å²) in [6.45, 7) is 7.69. The molecule has 24 heavy (non-hydrogen) atoms. The van der Waals surface area contributed by atoms with E-state index in [2.05, 4.69) is 0 Å². The third-order valence-electron chi connectivity index (χ3n) is 3.89. The van der Waals surface area contributed by atoms with Crippen molar-refractivity contribution in [3.05, 3.63) is 12.2 Å². The van der Waals surface area contributed by atoms with E-state index in [0.29, 0.717) is 19.3 Å². The number of carboxylic acids is 1. The van der Waals surface area contributed by atoms with Crippen LogP contribution in [0.2, 0.25) is 0 Å². The van der Waals surface area contributed by atoms with Gasteiger partial charge in [0.15, 0.2) is 0 Å². The third-order valence-corrected chi connectivity index (χ3v) is 3.89. The molecule has 1 aliphatic rings. The first-order valence-electron chi connectivity index (χ1n) is 8.38. The third kappa shape index (κ3) is 6.72. The Hall–Kier alpha value is -1.85. The van der Waals surface area contributed by atoms with Crippen molar-refractivity contribution in [1.82, 2.24) is 0 Å². The number of aliphatic carboxylic acids is 1. The molecule has 1 N–H and O–H groups in total. The largest absolute Gasteiger partial charge is 0.481 e. The first-order valence-corrected chi connectivity index (χ1v) is 8.38. The number of esters is 2. The number of allylic oxidation sites excluding steroid dienone is 2. The summed E-state index contributed by atoms with van der Waals surface area (Å²) in [5.41, 5.74) is -0.123. The second kappa shape index (κ2) is 8.85. The van der Waals surface area contributed by atoms with Gasteiger partial charge in [-0.1, -0.05) is 39.8 Å². The molecule has 6 nitrogen and oxygen atoms in total. The Balaban J connectivity index is 2.75. The lowest BCUT2D eigenvalue weighted by atomic mass is 9.83. The van der Waals surface area contributed by atoms with Gasteiger partial charge in [0.2, 0.25) is 0 Å². The van der Waals surface area contributed by atoms with Crippen molar-refractivity contribution in [3.63, 3.8) is 0 Å². The van der Waals surface area contributed by atoms with E-state index in [9.17, 15) is 19.5 Å². The van der Waals surface area contributed by atoms with Gasteiger partial charge >= 0.3 is 17.9 Å². The topological polar surface area (TPSA) is 89.9 Å². The SMILES string of the molecule is CCC(=O)OCC(CC(C)(C)C)OC(=O)C1CC=CCC1C(=O)O. The van der Waals surface area contributed by atoms with E-state index in [0.717, 1.165) is 0 Å². The minimum atomic E-state index is -0.994. The lowest BCUT2D eigenvalue weighted by Crippen LogP contribution is -2.37. The molecular formula is C18H28O6. The van der Waals surface area contributed by atoms with Crippen molar-refractivity contribution in [3.8, 4) is 0 Å². The van der Waals surface area contributed by atoms with E-state index in [4.69, 9.17) is 9.47 Å². The molecule has 0 spiro atoms. The molecule has 0 saturated heterocycles. The van der Waals surface area contributed by atoms with Gasteiger partial charge in [0.1, 0.15) is 12.7 Å². The number of carbonyl (C=O) groups excluding carboxylic acids is 2. The molecule has 0 heterocycles. The summed E-state index contributed by atoms with van der Waals surface area (Å²) < 4.78 is 10.6. The molecule has 0 aromatic rings. The molecule has 0 bridgehead atoms. The normalized spacial score (nSPS) is 21.8. The molecule has 0 fully saturated rings. The highest BCUT2D eigenvalue weighted by atomic mass is 16.6. The van der Waals surface area contributed by atoms with Crippen LogP contribution in [0.4, 0.5) is 0 Å². The number of carboxylic acid groups (broad SMARTS) is 1. The van der Waals surface area contributed by atoms with E-state index < -0.39 is 29.9 Å². The van der Waals surface area contributed by atoms with Crippen molar-refractivity contribution in [2.75, 3.05) is 6.61 Å². The Morgan fingerprint density at radius 3 is 2.25 bits per heavy atom. The zero-order chi connectivity index (χ0) is 18.3. The van der Waals surface area contributed by atoms with Gasteiger partial charge in [-0.05, 0) is 24.7 Å². The molecule has 0 radical (unpaired) electrons. The van der Waals surface area contributed by atoms with Crippen LogP contribution in [0, 0.1) is 17.3 Å². The van der Waals surface area contributed by atoms with Gasteiger partial charge in [0, 0.05) is 6.42 Å². The van der Waals surface area contributed by atoms with E-state index in [1.807, 2.05) is 20.8 Å². The molecule has 3 unspecified atom stereocenters. The van der Waals surface area contributed by atoms with Gasteiger partial charge < -0.3 is 14.6 Å². The predicted octanol–water partition coefficient (Wildman–Crippen LogP) is 2.95. The quantitative estimate of drug-likeness (QED) is 0.566. The fraction of sp³-hybridized carbons (Fsp3) is 0.722. The molecule has 1 rings (SSSR count). The fourth-order valence-electron chi connectivity index (χ4n) is 2.70. The van der Waals surface area contributed by atoms with Crippen molar-refractivity contribution >= 4 is 17.9 Å². The fourth-order valence-corrected chi connectivity index (χ4v) is 2.70. The van der Waals surface area contributed by atoms with Gasteiger partial charge in [-0.25, -0.2) is 0 Å². The molecule has 0 aliphatic heterocycles. The average Bonchev–Trinajstić information content (AvgIpc) is 2.50. The Kier molecular flexibility index (Phi) is 7.45.